The normalized spacial score (nSPS) is 10.3. The number of anilines is 1. The zero-order valence-corrected chi connectivity index (χ0v) is 17.8. The van der Waals surface area contributed by atoms with Crippen LogP contribution in [0.2, 0.25) is 0 Å². The molecule has 2 N–H and O–H groups in total. The minimum atomic E-state index is -0.590. The minimum absolute atomic E-state index is 0.0396. The zero-order valence-electron chi connectivity index (χ0n) is 17.8. The van der Waals surface area contributed by atoms with Crippen LogP contribution in [-0.2, 0) is 6.42 Å². The van der Waals surface area contributed by atoms with Gasteiger partial charge in [0.1, 0.15) is 18.0 Å². The first-order valence-corrected chi connectivity index (χ1v) is 10.1. The Labute approximate surface area is 181 Å². The Kier molecular flexibility index (Phi) is 6.93. The molecule has 7 heteroatoms. The number of nitrogens with zero attached hydrogens (tertiary/aromatic N) is 4. The van der Waals surface area contributed by atoms with Crippen molar-refractivity contribution >= 4 is 11.7 Å². The van der Waals surface area contributed by atoms with Crippen molar-refractivity contribution in [2.75, 3.05) is 18.8 Å². The van der Waals surface area contributed by atoms with Gasteiger partial charge in [0, 0.05) is 30.4 Å². The van der Waals surface area contributed by atoms with Gasteiger partial charge >= 0.3 is 0 Å². The van der Waals surface area contributed by atoms with Crippen molar-refractivity contribution in [1.82, 2.24) is 19.9 Å². The number of carbonyl (C=O) groups excluding carboxylic acids is 1. The number of amides is 1. The van der Waals surface area contributed by atoms with E-state index in [4.69, 9.17) is 5.73 Å². The highest BCUT2D eigenvalue weighted by molar-refractivity contribution is 5.95. The van der Waals surface area contributed by atoms with Crippen molar-refractivity contribution in [3.05, 3.63) is 71.1 Å². The number of halogens is 1. The molecular formula is C24H24FN5O. The van der Waals surface area contributed by atoms with Crippen molar-refractivity contribution < 1.29 is 9.18 Å². The molecule has 1 amide bonds. The quantitative estimate of drug-likeness (QED) is 0.640. The number of nitrogens with two attached hydrogens (primary N) is 1. The second kappa shape index (κ2) is 9.81. The summed E-state index contributed by atoms with van der Waals surface area (Å²) in [5.74, 6) is 5.65. The van der Waals surface area contributed by atoms with Gasteiger partial charge in [-0.2, -0.15) is 0 Å². The smallest absolute Gasteiger partial charge is 0.256 e. The number of pyridine rings is 1. The lowest BCUT2D eigenvalue weighted by Gasteiger charge is -2.19. The Morgan fingerprint density at radius 1 is 1.06 bits per heavy atom. The van der Waals surface area contributed by atoms with Gasteiger partial charge in [0.15, 0.2) is 0 Å². The molecule has 3 aromatic rings. The Hall–Kier alpha value is -3.79. The fourth-order valence-corrected chi connectivity index (χ4v) is 3.17. The third-order valence-electron chi connectivity index (χ3n) is 4.90. The van der Waals surface area contributed by atoms with E-state index in [1.165, 1.54) is 18.5 Å². The number of nitrogen functional groups attached to an aromatic ring is 1. The van der Waals surface area contributed by atoms with Crippen LogP contribution in [-0.4, -0.2) is 38.8 Å². The number of hydrogen-bond donors (Lipinski definition) is 1. The second-order valence-corrected chi connectivity index (χ2v) is 6.79. The Morgan fingerprint density at radius 3 is 2.45 bits per heavy atom. The van der Waals surface area contributed by atoms with E-state index in [1.807, 2.05) is 20.8 Å². The summed E-state index contributed by atoms with van der Waals surface area (Å²) in [5.41, 5.74) is 8.77. The maximum Gasteiger partial charge on any atom is 0.256 e. The Bertz CT molecular complexity index is 1140. The molecular weight excluding hydrogens is 393 g/mol. The summed E-state index contributed by atoms with van der Waals surface area (Å²) in [6, 6.07) is 7.97. The second-order valence-electron chi connectivity index (χ2n) is 6.79. The maximum absolute atomic E-state index is 14.9. The van der Waals surface area contributed by atoms with E-state index >= 15 is 0 Å². The molecule has 0 saturated heterocycles. The highest BCUT2D eigenvalue weighted by atomic mass is 19.1. The van der Waals surface area contributed by atoms with Crippen LogP contribution in [0.25, 0.3) is 11.3 Å². The average Bonchev–Trinajstić information content (AvgIpc) is 2.79. The molecule has 0 saturated carbocycles. The Morgan fingerprint density at radius 2 is 1.84 bits per heavy atom. The van der Waals surface area contributed by atoms with E-state index in [0.29, 0.717) is 47.7 Å². The van der Waals surface area contributed by atoms with Crippen LogP contribution in [0.15, 0.2) is 42.9 Å². The van der Waals surface area contributed by atoms with Crippen LogP contribution >= 0.6 is 0 Å². The fourth-order valence-electron chi connectivity index (χ4n) is 3.17. The van der Waals surface area contributed by atoms with E-state index in [9.17, 15) is 9.18 Å². The first-order chi connectivity index (χ1) is 15.0. The van der Waals surface area contributed by atoms with E-state index in [2.05, 4.69) is 26.8 Å². The number of hydrogen-bond acceptors (Lipinski definition) is 5. The molecule has 2 aromatic heterocycles. The van der Waals surface area contributed by atoms with Gasteiger partial charge in [0.25, 0.3) is 5.91 Å². The summed E-state index contributed by atoms with van der Waals surface area (Å²) in [6.07, 6.45) is 3.67. The van der Waals surface area contributed by atoms with Gasteiger partial charge < -0.3 is 10.6 Å². The molecule has 0 radical (unpaired) electrons. The molecule has 0 aliphatic heterocycles. The van der Waals surface area contributed by atoms with Gasteiger partial charge in [-0.1, -0.05) is 24.8 Å². The summed E-state index contributed by atoms with van der Waals surface area (Å²) >= 11 is 0. The third-order valence-corrected chi connectivity index (χ3v) is 4.90. The number of aromatic nitrogens is 3. The van der Waals surface area contributed by atoms with Crippen molar-refractivity contribution in [3.8, 4) is 23.1 Å². The van der Waals surface area contributed by atoms with Gasteiger partial charge in [-0.25, -0.2) is 19.3 Å². The average molecular weight is 417 g/mol. The predicted molar refractivity (Wildman–Crippen MR) is 119 cm³/mol. The maximum atomic E-state index is 14.9. The van der Waals surface area contributed by atoms with Crippen LogP contribution in [0.5, 0.6) is 0 Å². The molecule has 6 nitrogen and oxygen atoms in total. The van der Waals surface area contributed by atoms with Crippen LogP contribution < -0.4 is 5.73 Å². The van der Waals surface area contributed by atoms with E-state index in [-0.39, 0.29) is 11.5 Å². The van der Waals surface area contributed by atoms with Gasteiger partial charge in [0.2, 0.25) is 0 Å². The molecule has 2 heterocycles. The zero-order chi connectivity index (χ0) is 22.4. The van der Waals surface area contributed by atoms with E-state index in [1.54, 1.807) is 29.3 Å². The van der Waals surface area contributed by atoms with Gasteiger partial charge in [-0.15, -0.1) is 0 Å². The molecule has 158 valence electrons. The summed E-state index contributed by atoms with van der Waals surface area (Å²) < 4.78 is 14.9. The number of carbonyl (C=O) groups is 1. The van der Waals surface area contributed by atoms with Crippen molar-refractivity contribution in [3.63, 3.8) is 0 Å². The van der Waals surface area contributed by atoms with Crippen LogP contribution in [0.1, 0.15) is 48.0 Å². The van der Waals surface area contributed by atoms with E-state index in [0.717, 1.165) is 5.69 Å². The molecule has 1 aromatic carbocycles. The molecule has 0 atom stereocenters. The first-order valence-electron chi connectivity index (χ1n) is 10.1. The topological polar surface area (TPSA) is 85.0 Å². The molecule has 31 heavy (non-hydrogen) atoms. The van der Waals surface area contributed by atoms with Gasteiger partial charge in [0.05, 0.1) is 22.5 Å². The van der Waals surface area contributed by atoms with Crippen LogP contribution in [0, 0.1) is 17.7 Å². The Balaban J connectivity index is 2.05. The molecule has 0 unspecified atom stereocenters. The standard InChI is InChI=1S/C24H24FN5O/c1-4-21-19(10-7-16-8-12-22(26)27-14-16)23(29-15-28-21)17-9-11-18(20(25)13-17)24(31)30(5-2)6-3/h8-9,11-15H,4-6H2,1-3H3,(H2,26,27). The van der Waals surface area contributed by atoms with Crippen molar-refractivity contribution in [2.45, 2.75) is 27.2 Å². The van der Waals surface area contributed by atoms with E-state index < -0.39 is 5.82 Å². The largest absolute Gasteiger partial charge is 0.384 e. The monoisotopic (exact) mass is 417 g/mol. The fraction of sp³-hybridized carbons (Fsp3) is 0.250. The summed E-state index contributed by atoms with van der Waals surface area (Å²) in [7, 11) is 0. The number of aryl methyl sites for hydroxylation is 1. The minimum Gasteiger partial charge on any atom is -0.384 e. The number of rotatable bonds is 5. The lowest BCUT2D eigenvalue weighted by atomic mass is 10.0. The first kappa shape index (κ1) is 21.9. The highest BCUT2D eigenvalue weighted by Crippen LogP contribution is 2.25. The summed E-state index contributed by atoms with van der Waals surface area (Å²) in [4.78, 5) is 26.8. The lowest BCUT2D eigenvalue weighted by Crippen LogP contribution is -2.31. The summed E-state index contributed by atoms with van der Waals surface area (Å²) in [6.45, 7) is 6.73. The molecule has 0 aliphatic carbocycles. The van der Waals surface area contributed by atoms with Crippen LogP contribution in [0.3, 0.4) is 0 Å². The number of benzene rings is 1. The molecule has 3 rings (SSSR count). The molecule has 0 bridgehead atoms. The molecule has 0 fully saturated rings. The van der Waals surface area contributed by atoms with Crippen LogP contribution in [0.4, 0.5) is 10.2 Å². The SMILES string of the molecule is CCc1ncnc(-c2ccc(C(=O)N(CC)CC)c(F)c2)c1C#Cc1ccc(N)nc1. The summed E-state index contributed by atoms with van der Waals surface area (Å²) in [5, 5.41) is 0. The lowest BCUT2D eigenvalue weighted by molar-refractivity contribution is 0.0768. The van der Waals surface area contributed by atoms with Crippen molar-refractivity contribution in [1.29, 1.82) is 0 Å². The van der Waals surface area contributed by atoms with Crippen molar-refractivity contribution in [2.24, 2.45) is 0 Å². The third kappa shape index (κ3) is 4.86. The highest BCUT2D eigenvalue weighted by Gasteiger charge is 2.19. The van der Waals surface area contributed by atoms with Gasteiger partial charge in [-0.3, -0.25) is 4.79 Å². The molecule has 0 spiro atoms. The molecule has 0 aliphatic rings. The van der Waals surface area contributed by atoms with Gasteiger partial charge in [-0.05, 0) is 44.5 Å². The predicted octanol–water partition coefficient (Wildman–Crippen LogP) is 3.70.